The standard InChI is InChI=1S/C33H34FN7O6/c1-47-28-6-2-5-24(34)31(28)32-26(41(45)46)9-10-29(38-32)37-30-16-27(40-13-3-4-22(43)19-40)23(18-36-30)20-7-8-25(35-17-20)33(44)39-14-11-21(42)12-15-39/h2,5-10,16-18,21-22,42-43H,3-4,11-15,19H2,1H3,(H,36,37,38)/t22-/m0/s1. The number of rotatable bonds is 8. The number of pyridine rings is 3. The number of nitro groups is 1. The highest BCUT2D eigenvalue weighted by Crippen LogP contribution is 2.39. The van der Waals surface area contributed by atoms with Gasteiger partial charge in [0.05, 0.1) is 29.8 Å². The molecule has 14 heteroatoms. The average molecular weight is 644 g/mol. The van der Waals surface area contributed by atoms with Crippen molar-refractivity contribution >= 4 is 28.9 Å². The number of hydrogen-bond donors (Lipinski definition) is 3. The van der Waals surface area contributed by atoms with E-state index in [0.29, 0.717) is 62.5 Å². The van der Waals surface area contributed by atoms with Gasteiger partial charge in [0.2, 0.25) is 0 Å². The molecule has 2 fully saturated rings. The van der Waals surface area contributed by atoms with E-state index in [2.05, 4.69) is 20.3 Å². The lowest BCUT2D eigenvalue weighted by molar-refractivity contribution is -0.384. The maximum Gasteiger partial charge on any atom is 0.295 e. The Kier molecular flexibility index (Phi) is 9.22. The highest BCUT2D eigenvalue weighted by atomic mass is 19.1. The number of anilines is 3. The molecule has 1 atom stereocenters. The van der Waals surface area contributed by atoms with Crippen LogP contribution < -0.4 is 15.0 Å². The third-order valence-corrected chi connectivity index (χ3v) is 8.42. The van der Waals surface area contributed by atoms with Crippen LogP contribution in [0.5, 0.6) is 5.75 Å². The number of nitrogens with zero attached hydrogens (tertiary/aromatic N) is 6. The van der Waals surface area contributed by atoms with Crippen LogP contribution >= 0.6 is 0 Å². The maximum absolute atomic E-state index is 15.0. The SMILES string of the molecule is COc1cccc(F)c1-c1nc(Nc2cc(N3CCC[C@H](O)C3)c(-c3ccc(C(=O)N4CCC(O)CC4)nc3)cn2)ccc1[N+](=O)[O-]. The first-order chi connectivity index (χ1) is 22.7. The molecule has 4 aromatic rings. The molecule has 2 aliphatic heterocycles. The molecule has 0 aliphatic carbocycles. The van der Waals surface area contributed by atoms with Crippen LogP contribution in [0.2, 0.25) is 0 Å². The molecular formula is C33H34FN7O6. The van der Waals surface area contributed by atoms with E-state index in [1.165, 1.54) is 37.4 Å². The molecule has 3 aromatic heterocycles. The molecule has 6 rings (SSSR count). The van der Waals surface area contributed by atoms with E-state index >= 15 is 0 Å². The summed E-state index contributed by atoms with van der Waals surface area (Å²) in [4.78, 5) is 41.4. The summed E-state index contributed by atoms with van der Waals surface area (Å²) in [5, 5.41) is 35.2. The Morgan fingerprint density at radius 1 is 1.02 bits per heavy atom. The first-order valence-corrected chi connectivity index (χ1v) is 15.3. The number of nitrogens with one attached hydrogen (secondary N) is 1. The van der Waals surface area contributed by atoms with Crippen molar-refractivity contribution in [3.63, 3.8) is 0 Å². The number of aliphatic hydroxyl groups is 2. The molecule has 1 amide bonds. The smallest absolute Gasteiger partial charge is 0.295 e. The Labute approximate surface area is 269 Å². The topological polar surface area (TPSA) is 167 Å². The number of benzene rings is 1. The fourth-order valence-electron chi connectivity index (χ4n) is 5.97. The summed E-state index contributed by atoms with van der Waals surface area (Å²) in [6.07, 6.45) is 4.89. The van der Waals surface area contributed by atoms with Crippen molar-refractivity contribution in [3.05, 3.63) is 82.6 Å². The second kappa shape index (κ2) is 13.6. The van der Waals surface area contributed by atoms with E-state index in [9.17, 15) is 29.5 Å². The molecule has 0 spiro atoms. The molecule has 5 heterocycles. The number of piperidine rings is 2. The van der Waals surface area contributed by atoms with E-state index in [4.69, 9.17) is 4.74 Å². The minimum atomic E-state index is -0.721. The molecular weight excluding hydrogens is 609 g/mol. The summed E-state index contributed by atoms with van der Waals surface area (Å²) < 4.78 is 20.2. The fourth-order valence-corrected chi connectivity index (χ4v) is 5.97. The molecule has 47 heavy (non-hydrogen) atoms. The maximum atomic E-state index is 15.0. The molecule has 1 aromatic carbocycles. The zero-order chi connectivity index (χ0) is 33.1. The molecule has 3 N–H and O–H groups in total. The van der Waals surface area contributed by atoms with Crippen molar-refractivity contribution in [2.24, 2.45) is 0 Å². The van der Waals surface area contributed by atoms with Gasteiger partial charge in [-0.25, -0.2) is 14.4 Å². The van der Waals surface area contributed by atoms with Crippen LogP contribution in [0, 0.1) is 15.9 Å². The van der Waals surface area contributed by atoms with Crippen LogP contribution in [0.1, 0.15) is 36.2 Å². The summed E-state index contributed by atoms with van der Waals surface area (Å²) in [6.45, 7) is 2.03. The van der Waals surface area contributed by atoms with Crippen molar-refractivity contribution in [2.45, 2.75) is 37.9 Å². The molecule has 244 valence electrons. The van der Waals surface area contributed by atoms with Crippen molar-refractivity contribution in [3.8, 4) is 28.1 Å². The van der Waals surface area contributed by atoms with Crippen molar-refractivity contribution in [2.75, 3.05) is 43.5 Å². The van der Waals surface area contributed by atoms with Crippen LogP contribution in [0.3, 0.4) is 0 Å². The Balaban J connectivity index is 1.33. The van der Waals surface area contributed by atoms with Crippen LogP contribution in [-0.4, -0.2) is 86.4 Å². The van der Waals surface area contributed by atoms with E-state index in [0.717, 1.165) is 17.7 Å². The Hall–Kier alpha value is -5.21. The fraction of sp³-hybridized carbons (Fsp3) is 0.333. The predicted octanol–water partition coefficient (Wildman–Crippen LogP) is 4.56. The summed E-state index contributed by atoms with van der Waals surface area (Å²) in [6, 6.07) is 12.0. The van der Waals surface area contributed by atoms with Gasteiger partial charge in [-0.05, 0) is 49.9 Å². The number of methoxy groups -OCH3 is 1. The molecule has 0 bridgehead atoms. The number of amides is 1. The van der Waals surface area contributed by atoms with Crippen LogP contribution in [0.25, 0.3) is 22.4 Å². The Morgan fingerprint density at radius 2 is 1.83 bits per heavy atom. The first-order valence-electron chi connectivity index (χ1n) is 15.3. The Morgan fingerprint density at radius 3 is 2.53 bits per heavy atom. The predicted molar refractivity (Wildman–Crippen MR) is 172 cm³/mol. The monoisotopic (exact) mass is 643 g/mol. The van der Waals surface area contributed by atoms with Gasteiger partial charge in [-0.3, -0.25) is 19.9 Å². The molecule has 2 aliphatic rings. The largest absolute Gasteiger partial charge is 0.496 e. The number of β-amino-alcohol motifs (C(OH)–C–C–N with tert-alkyl or cyclic N) is 1. The molecule has 13 nitrogen and oxygen atoms in total. The number of aliphatic hydroxyl groups excluding tert-OH is 2. The van der Waals surface area contributed by atoms with Gasteiger partial charge < -0.3 is 30.1 Å². The lowest BCUT2D eigenvalue weighted by Gasteiger charge is -2.33. The number of hydrogen-bond acceptors (Lipinski definition) is 11. The first kappa shape index (κ1) is 31.8. The molecule has 0 radical (unpaired) electrons. The van der Waals surface area contributed by atoms with Crippen molar-refractivity contribution < 1.29 is 29.1 Å². The summed E-state index contributed by atoms with van der Waals surface area (Å²) >= 11 is 0. The second-order valence-corrected chi connectivity index (χ2v) is 11.5. The van der Waals surface area contributed by atoms with Gasteiger partial charge in [0.25, 0.3) is 11.6 Å². The third kappa shape index (κ3) is 6.83. The van der Waals surface area contributed by atoms with Gasteiger partial charge in [0.15, 0.2) is 5.69 Å². The molecule has 2 saturated heterocycles. The van der Waals surface area contributed by atoms with Crippen molar-refractivity contribution in [1.82, 2.24) is 19.9 Å². The summed E-state index contributed by atoms with van der Waals surface area (Å²) in [5.74, 6) is -0.258. The molecule has 0 unspecified atom stereocenters. The number of carbonyl (C=O) groups is 1. The summed E-state index contributed by atoms with van der Waals surface area (Å²) in [5.41, 5.74) is 1.77. The zero-order valence-electron chi connectivity index (χ0n) is 25.7. The number of carbonyl (C=O) groups excluding carboxylic acids is 1. The van der Waals surface area contributed by atoms with Crippen LogP contribution in [0.15, 0.2) is 60.9 Å². The van der Waals surface area contributed by atoms with E-state index < -0.39 is 22.5 Å². The number of ether oxygens (including phenoxy) is 1. The van der Waals surface area contributed by atoms with E-state index in [1.807, 2.05) is 4.90 Å². The number of likely N-dealkylation sites (tertiary alicyclic amines) is 1. The minimum absolute atomic E-state index is 0.0993. The third-order valence-electron chi connectivity index (χ3n) is 8.42. The zero-order valence-corrected chi connectivity index (χ0v) is 25.7. The van der Waals surface area contributed by atoms with Crippen molar-refractivity contribution in [1.29, 1.82) is 0 Å². The van der Waals surface area contributed by atoms with Crippen LogP contribution in [0.4, 0.5) is 27.4 Å². The minimum Gasteiger partial charge on any atom is -0.496 e. The van der Waals surface area contributed by atoms with Gasteiger partial charge >= 0.3 is 0 Å². The van der Waals surface area contributed by atoms with Gasteiger partial charge in [-0.2, -0.15) is 0 Å². The second-order valence-electron chi connectivity index (χ2n) is 11.5. The number of halogens is 1. The number of aromatic nitrogens is 3. The van der Waals surface area contributed by atoms with Gasteiger partial charge in [-0.1, -0.05) is 12.1 Å². The quantitative estimate of drug-likeness (QED) is 0.182. The lowest BCUT2D eigenvalue weighted by atomic mass is 10.0. The Bertz CT molecular complexity index is 1780. The summed E-state index contributed by atoms with van der Waals surface area (Å²) in [7, 11) is 1.35. The average Bonchev–Trinajstić information content (AvgIpc) is 3.08. The van der Waals surface area contributed by atoms with E-state index in [1.54, 1.807) is 35.5 Å². The van der Waals surface area contributed by atoms with Gasteiger partial charge in [-0.15, -0.1) is 0 Å². The normalized spacial score (nSPS) is 17.0. The van der Waals surface area contributed by atoms with Gasteiger partial charge in [0.1, 0.15) is 28.9 Å². The highest BCUT2D eigenvalue weighted by Gasteiger charge is 2.26. The van der Waals surface area contributed by atoms with Crippen LogP contribution in [-0.2, 0) is 0 Å². The van der Waals surface area contributed by atoms with Gasteiger partial charge in [0, 0.05) is 67.5 Å². The lowest BCUT2D eigenvalue weighted by Crippen LogP contribution is -2.40. The van der Waals surface area contributed by atoms with E-state index in [-0.39, 0.29) is 34.8 Å². The molecule has 0 saturated carbocycles. The highest BCUT2D eigenvalue weighted by molar-refractivity contribution is 5.93.